The maximum Gasteiger partial charge on any atom is 0.222 e. The van der Waals surface area contributed by atoms with Gasteiger partial charge in [-0.05, 0) is 32.4 Å². The van der Waals surface area contributed by atoms with Crippen LogP contribution >= 0.6 is 0 Å². The first-order valence-electron chi connectivity index (χ1n) is 6.70. The number of amides is 1. The van der Waals surface area contributed by atoms with Crippen LogP contribution in [0.5, 0.6) is 0 Å². The Morgan fingerprint density at radius 2 is 2.19 bits per heavy atom. The van der Waals surface area contributed by atoms with E-state index in [1.165, 1.54) is 25.7 Å². The Bertz CT molecular complexity index is 206. The van der Waals surface area contributed by atoms with Gasteiger partial charge in [-0.2, -0.15) is 0 Å². The average Bonchev–Trinajstić information content (AvgIpc) is 2.73. The van der Waals surface area contributed by atoms with Crippen molar-refractivity contribution in [2.75, 3.05) is 26.7 Å². The minimum Gasteiger partial charge on any atom is -0.342 e. The lowest BCUT2D eigenvalue weighted by Crippen LogP contribution is -2.30. The molecule has 1 rings (SSSR count). The monoisotopic (exact) mass is 226 g/mol. The second kappa shape index (κ2) is 7.66. The number of nitrogens with zero attached hydrogens (tertiary/aromatic N) is 1. The summed E-state index contributed by atoms with van der Waals surface area (Å²) < 4.78 is 0. The van der Waals surface area contributed by atoms with Gasteiger partial charge in [0.1, 0.15) is 0 Å². The number of rotatable bonds is 7. The van der Waals surface area contributed by atoms with Crippen molar-refractivity contribution in [3.8, 4) is 0 Å². The van der Waals surface area contributed by atoms with Crippen molar-refractivity contribution < 1.29 is 4.79 Å². The standard InChI is InChI=1S/C13H26N2O/c1-3-4-5-6-7-13(16)15-9-8-12(11-15)10-14-2/h12,14H,3-11H2,1-2H3. The summed E-state index contributed by atoms with van der Waals surface area (Å²) in [4.78, 5) is 13.9. The molecule has 1 atom stereocenters. The number of hydrogen-bond donors (Lipinski definition) is 1. The largest absolute Gasteiger partial charge is 0.342 e. The van der Waals surface area contributed by atoms with E-state index in [2.05, 4.69) is 12.2 Å². The molecule has 1 aliphatic heterocycles. The van der Waals surface area contributed by atoms with E-state index in [0.717, 1.165) is 32.5 Å². The molecule has 1 unspecified atom stereocenters. The van der Waals surface area contributed by atoms with E-state index in [-0.39, 0.29) is 0 Å². The summed E-state index contributed by atoms with van der Waals surface area (Å²) in [6.45, 7) is 5.18. The van der Waals surface area contributed by atoms with Crippen LogP contribution < -0.4 is 5.32 Å². The van der Waals surface area contributed by atoms with Gasteiger partial charge in [0, 0.05) is 19.5 Å². The molecule has 3 nitrogen and oxygen atoms in total. The van der Waals surface area contributed by atoms with Crippen molar-refractivity contribution in [1.82, 2.24) is 10.2 Å². The maximum absolute atomic E-state index is 11.9. The quantitative estimate of drug-likeness (QED) is 0.674. The highest BCUT2D eigenvalue weighted by molar-refractivity contribution is 5.76. The molecule has 1 heterocycles. The molecule has 1 fully saturated rings. The van der Waals surface area contributed by atoms with E-state index >= 15 is 0 Å². The second-order valence-corrected chi connectivity index (χ2v) is 4.86. The Morgan fingerprint density at radius 1 is 1.38 bits per heavy atom. The molecule has 94 valence electrons. The molecule has 1 aliphatic rings. The van der Waals surface area contributed by atoms with Gasteiger partial charge in [0.05, 0.1) is 0 Å². The average molecular weight is 226 g/mol. The molecule has 0 saturated carbocycles. The van der Waals surface area contributed by atoms with Gasteiger partial charge in [-0.25, -0.2) is 0 Å². The van der Waals surface area contributed by atoms with Crippen LogP contribution in [-0.2, 0) is 4.79 Å². The molecule has 3 heteroatoms. The van der Waals surface area contributed by atoms with Crippen molar-refractivity contribution >= 4 is 5.91 Å². The number of carbonyl (C=O) groups is 1. The first-order valence-corrected chi connectivity index (χ1v) is 6.70. The normalized spacial score (nSPS) is 20.4. The van der Waals surface area contributed by atoms with E-state index in [0.29, 0.717) is 11.8 Å². The number of unbranched alkanes of at least 4 members (excludes halogenated alkanes) is 3. The van der Waals surface area contributed by atoms with Crippen molar-refractivity contribution in [3.63, 3.8) is 0 Å². The highest BCUT2D eigenvalue weighted by Gasteiger charge is 2.24. The smallest absolute Gasteiger partial charge is 0.222 e. The fraction of sp³-hybridized carbons (Fsp3) is 0.923. The van der Waals surface area contributed by atoms with Crippen molar-refractivity contribution in [2.45, 2.75) is 45.4 Å². The Kier molecular flexibility index (Phi) is 6.46. The third kappa shape index (κ3) is 4.52. The van der Waals surface area contributed by atoms with E-state index in [1.807, 2.05) is 11.9 Å². The molecule has 0 aromatic heterocycles. The van der Waals surface area contributed by atoms with Gasteiger partial charge in [-0.3, -0.25) is 4.79 Å². The van der Waals surface area contributed by atoms with Crippen LogP contribution in [0.25, 0.3) is 0 Å². The molecule has 0 bridgehead atoms. The molecule has 1 N–H and O–H groups in total. The molecule has 1 saturated heterocycles. The number of nitrogens with one attached hydrogen (secondary N) is 1. The Balaban J connectivity index is 2.13. The molecular formula is C13H26N2O. The minimum absolute atomic E-state index is 0.370. The highest BCUT2D eigenvalue weighted by Crippen LogP contribution is 2.17. The molecule has 0 aliphatic carbocycles. The van der Waals surface area contributed by atoms with Crippen LogP contribution in [0.4, 0.5) is 0 Å². The lowest BCUT2D eigenvalue weighted by atomic mass is 10.1. The van der Waals surface area contributed by atoms with Gasteiger partial charge in [0.2, 0.25) is 5.91 Å². The summed E-state index contributed by atoms with van der Waals surface area (Å²) in [6.07, 6.45) is 6.70. The van der Waals surface area contributed by atoms with Crippen molar-refractivity contribution in [2.24, 2.45) is 5.92 Å². The molecule has 0 aromatic rings. The van der Waals surface area contributed by atoms with Gasteiger partial charge >= 0.3 is 0 Å². The summed E-state index contributed by atoms with van der Waals surface area (Å²) in [5.74, 6) is 1.04. The summed E-state index contributed by atoms with van der Waals surface area (Å²) in [5, 5.41) is 3.19. The molecule has 16 heavy (non-hydrogen) atoms. The van der Waals surface area contributed by atoms with E-state index in [4.69, 9.17) is 0 Å². The Morgan fingerprint density at radius 3 is 2.88 bits per heavy atom. The summed E-state index contributed by atoms with van der Waals surface area (Å²) in [6, 6.07) is 0. The Labute approximate surface area is 99.6 Å². The van der Waals surface area contributed by atoms with Crippen LogP contribution in [0.1, 0.15) is 45.4 Å². The van der Waals surface area contributed by atoms with E-state index < -0.39 is 0 Å². The zero-order valence-electron chi connectivity index (χ0n) is 10.8. The molecule has 0 aromatic carbocycles. The number of likely N-dealkylation sites (tertiary alicyclic amines) is 1. The van der Waals surface area contributed by atoms with E-state index in [1.54, 1.807) is 0 Å². The lowest BCUT2D eigenvalue weighted by Gasteiger charge is -2.16. The van der Waals surface area contributed by atoms with Crippen molar-refractivity contribution in [3.05, 3.63) is 0 Å². The van der Waals surface area contributed by atoms with Crippen LogP contribution in [0.2, 0.25) is 0 Å². The van der Waals surface area contributed by atoms with Gasteiger partial charge in [0.15, 0.2) is 0 Å². The van der Waals surface area contributed by atoms with E-state index in [9.17, 15) is 4.79 Å². The fourth-order valence-corrected chi connectivity index (χ4v) is 2.38. The van der Waals surface area contributed by atoms with Gasteiger partial charge in [0.25, 0.3) is 0 Å². The third-order valence-corrected chi connectivity index (χ3v) is 3.38. The first kappa shape index (κ1) is 13.5. The zero-order valence-corrected chi connectivity index (χ0v) is 10.8. The third-order valence-electron chi connectivity index (χ3n) is 3.38. The van der Waals surface area contributed by atoms with Crippen LogP contribution in [0.15, 0.2) is 0 Å². The minimum atomic E-state index is 0.370. The molecular weight excluding hydrogens is 200 g/mol. The first-order chi connectivity index (χ1) is 7.77. The second-order valence-electron chi connectivity index (χ2n) is 4.86. The molecule has 0 radical (unpaired) electrons. The van der Waals surface area contributed by atoms with Crippen LogP contribution in [0.3, 0.4) is 0 Å². The van der Waals surface area contributed by atoms with Crippen molar-refractivity contribution in [1.29, 1.82) is 0 Å². The predicted molar refractivity (Wildman–Crippen MR) is 67.4 cm³/mol. The maximum atomic E-state index is 11.9. The number of hydrogen-bond acceptors (Lipinski definition) is 2. The summed E-state index contributed by atoms with van der Waals surface area (Å²) >= 11 is 0. The predicted octanol–water partition coefficient (Wildman–Crippen LogP) is 2.02. The Hall–Kier alpha value is -0.570. The van der Waals surface area contributed by atoms with Gasteiger partial charge in [-0.1, -0.05) is 26.2 Å². The van der Waals surface area contributed by atoms with Gasteiger partial charge in [-0.15, -0.1) is 0 Å². The highest BCUT2D eigenvalue weighted by atomic mass is 16.2. The molecule has 0 spiro atoms. The summed E-state index contributed by atoms with van der Waals surface area (Å²) in [7, 11) is 1.98. The summed E-state index contributed by atoms with van der Waals surface area (Å²) in [5.41, 5.74) is 0. The number of carbonyl (C=O) groups excluding carboxylic acids is 1. The van der Waals surface area contributed by atoms with Crippen LogP contribution in [0, 0.1) is 5.92 Å². The van der Waals surface area contributed by atoms with Crippen LogP contribution in [-0.4, -0.2) is 37.5 Å². The molecule has 1 amide bonds. The van der Waals surface area contributed by atoms with Gasteiger partial charge < -0.3 is 10.2 Å². The SMILES string of the molecule is CCCCCCC(=O)N1CCC(CNC)C1. The fourth-order valence-electron chi connectivity index (χ4n) is 2.38. The topological polar surface area (TPSA) is 32.3 Å². The lowest BCUT2D eigenvalue weighted by molar-refractivity contribution is -0.130. The zero-order chi connectivity index (χ0) is 11.8.